The molecule has 1 aliphatic carbocycles. The van der Waals surface area contributed by atoms with Crippen molar-refractivity contribution in [3.8, 4) is 5.75 Å². The van der Waals surface area contributed by atoms with Crippen LogP contribution in [0.15, 0.2) is 18.3 Å². The van der Waals surface area contributed by atoms with E-state index in [1.165, 1.54) is 18.3 Å². The van der Waals surface area contributed by atoms with Gasteiger partial charge >= 0.3 is 15.6 Å². The third kappa shape index (κ3) is 2.51. The number of aromatic nitrogens is 1. The molecule has 0 bridgehead atoms. The van der Waals surface area contributed by atoms with Crippen molar-refractivity contribution in [3.63, 3.8) is 0 Å². The van der Waals surface area contributed by atoms with Gasteiger partial charge in [0, 0.05) is 12.1 Å². The Labute approximate surface area is 95.5 Å². The van der Waals surface area contributed by atoms with Gasteiger partial charge in [-0.2, -0.15) is 21.6 Å². The summed E-state index contributed by atoms with van der Waals surface area (Å²) in [5, 5.41) is 0. The Kier molecular flexibility index (Phi) is 2.76. The standard InChI is InChI=1S/C9H8F3NO3S/c10-9(11,12)17(14,15)16-7-2-1-5-13-8(7)6-3-4-6/h1-2,5-6H,3-4H2. The van der Waals surface area contributed by atoms with Gasteiger partial charge in [-0.15, -0.1) is 0 Å². The number of pyridine rings is 1. The van der Waals surface area contributed by atoms with Gasteiger partial charge in [-0.1, -0.05) is 0 Å². The van der Waals surface area contributed by atoms with Crippen LogP contribution in [0.4, 0.5) is 13.2 Å². The average Bonchev–Trinajstić information content (AvgIpc) is 2.99. The van der Waals surface area contributed by atoms with Crippen molar-refractivity contribution in [2.75, 3.05) is 0 Å². The van der Waals surface area contributed by atoms with Crippen molar-refractivity contribution < 1.29 is 25.8 Å². The number of nitrogens with zero attached hydrogens (tertiary/aromatic N) is 1. The van der Waals surface area contributed by atoms with E-state index in [0.29, 0.717) is 0 Å². The smallest absolute Gasteiger partial charge is 0.374 e. The summed E-state index contributed by atoms with van der Waals surface area (Å²) in [6.45, 7) is 0. The molecule has 0 aromatic carbocycles. The van der Waals surface area contributed by atoms with Gasteiger partial charge < -0.3 is 4.18 Å². The van der Waals surface area contributed by atoms with Crippen LogP contribution in [-0.2, 0) is 10.1 Å². The van der Waals surface area contributed by atoms with Crippen LogP contribution >= 0.6 is 0 Å². The van der Waals surface area contributed by atoms with Gasteiger partial charge in [0.15, 0.2) is 5.75 Å². The number of halogens is 3. The predicted octanol–water partition coefficient (Wildman–Crippen LogP) is 2.19. The quantitative estimate of drug-likeness (QED) is 0.622. The second-order valence-electron chi connectivity index (χ2n) is 3.64. The van der Waals surface area contributed by atoms with Crippen molar-refractivity contribution >= 4 is 10.1 Å². The second kappa shape index (κ2) is 3.86. The van der Waals surface area contributed by atoms with E-state index in [4.69, 9.17) is 0 Å². The zero-order valence-corrected chi connectivity index (χ0v) is 9.25. The molecule has 1 aliphatic rings. The van der Waals surface area contributed by atoms with Crippen LogP contribution in [0, 0.1) is 0 Å². The largest absolute Gasteiger partial charge is 0.534 e. The third-order valence-corrected chi connectivity index (χ3v) is 3.21. The average molecular weight is 267 g/mol. The molecule has 1 saturated carbocycles. The van der Waals surface area contributed by atoms with E-state index in [1.807, 2.05) is 0 Å². The van der Waals surface area contributed by atoms with Gasteiger partial charge in [0.05, 0.1) is 5.69 Å². The molecule has 0 unspecified atom stereocenters. The molecule has 0 amide bonds. The van der Waals surface area contributed by atoms with E-state index in [0.717, 1.165) is 12.8 Å². The first kappa shape index (κ1) is 12.2. The fourth-order valence-corrected chi connectivity index (χ4v) is 1.77. The molecular formula is C9H8F3NO3S. The molecular weight excluding hydrogens is 259 g/mol. The Morgan fingerprint density at radius 3 is 2.53 bits per heavy atom. The van der Waals surface area contributed by atoms with Crippen molar-refractivity contribution in [1.82, 2.24) is 4.98 Å². The molecule has 0 aliphatic heterocycles. The first-order valence-corrected chi connectivity index (χ1v) is 6.18. The molecule has 17 heavy (non-hydrogen) atoms. The van der Waals surface area contributed by atoms with E-state index in [-0.39, 0.29) is 17.4 Å². The summed E-state index contributed by atoms with van der Waals surface area (Å²) in [6, 6.07) is 2.50. The summed E-state index contributed by atoms with van der Waals surface area (Å²) >= 11 is 0. The SMILES string of the molecule is O=S(=O)(Oc1cccnc1C1CC1)C(F)(F)F. The molecule has 94 valence electrons. The van der Waals surface area contributed by atoms with Gasteiger partial charge in [0.1, 0.15) is 0 Å². The van der Waals surface area contributed by atoms with Crippen LogP contribution in [0.25, 0.3) is 0 Å². The highest BCUT2D eigenvalue weighted by Gasteiger charge is 2.49. The van der Waals surface area contributed by atoms with Crippen LogP contribution < -0.4 is 4.18 Å². The minimum atomic E-state index is -5.62. The summed E-state index contributed by atoms with van der Waals surface area (Å²) in [4.78, 5) is 3.85. The number of rotatable bonds is 3. The molecule has 0 spiro atoms. The van der Waals surface area contributed by atoms with Gasteiger partial charge in [-0.25, -0.2) is 0 Å². The van der Waals surface area contributed by atoms with Crippen LogP contribution in [0.1, 0.15) is 24.5 Å². The molecule has 0 saturated heterocycles. The highest BCUT2D eigenvalue weighted by atomic mass is 32.2. The summed E-state index contributed by atoms with van der Waals surface area (Å²) < 4.78 is 62.2. The van der Waals surface area contributed by atoms with Gasteiger partial charge in [0.2, 0.25) is 0 Å². The normalized spacial score (nSPS) is 16.9. The minimum Gasteiger partial charge on any atom is -0.374 e. The van der Waals surface area contributed by atoms with Crippen LogP contribution in [-0.4, -0.2) is 18.9 Å². The molecule has 1 aromatic heterocycles. The lowest BCUT2D eigenvalue weighted by Gasteiger charge is -2.11. The molecule has 8 heteroatoms. The topological polar surface area (TPSA) is 56.3 Å². The van der Waals surface area contributed by atoms with E-state index >= 15 is 0 Å². The second-order valence-corrected chi connectivity index (χ2v) is 5.18. The van der Waals surface area contributed by atoms with Crippen LogP contribution in [0.2, 0.25) is 0 Å². The minimum absolute atomic E-state index is 0.00497. The lowest BCUT2D eigenvalue weighted by Crippen LogP contribution is -2.28. The molecule has 0 N–H and O–H groups in total. The zero-order chi connectivity index (χ0) is 12.7. The van der Waals surface area contributed by atoms with E-state index in [9.17, 15) is 21.6 Å². The van der Waals surface area contributed by atoms with Gasteiger partial charge in [-0.3, -0.25) is 4.98 Å². The number of alkyl halides is 3. The maximum atomic E-state index is 12.1. The lowest BCUT2D eigenvalue weighted by atomic mass is 10.2. The van der Waals surface area contributed by atoms with Crippen molar-refractivity contribution in [1.29, 1.82) is 0 Å². The Hall–Kier alpha value is -1.31. The Morgan fingerprint density at radius 1 is 1.35 bits per heavy atom. The maximum absolute atomic E-state index is 12.1. The van der Waals surface area contributed by atoms with E-state index in [1.54, 1.807) is 0 Å². The monoisotopic (exact) mass is 267 g/mol. The molecule has 0 atom stereocenters. The summed E-state index contributed by atoms with van der Waals surface area (Å²) in [6.07, 6.45) is 2.94. The molecule has 1 fully saturated rings. The van der Waals surface area contributed by atoms with Crippen LogP contribution in [0.3, 0.4) is 0 Å². The Morgan fingerprint density at radius 2 is 2.00 bits per heavy atom. The molecule has 4 nitrogen and oxygen atoms in total. The van der Waals surface area contributed by atoms with Gasteiger partial charge in [-0.05, 0) is 25.0 Å². The van der Waals surface area contributed by atoms with Gasteiger partial charge in [0.25, 0.3) is 0 Å². The van der Waals surface area contributed by atoms with E-state index < -0.39 is 15.6 Å². The third-order valence-electron chi connectivity index (χ3n) is 2.25. The van der Waals surface area contributed by atoms with E-state index in [2.05, 4.69) is 9.17 Å². The lowest BCUT2D eigenvalue weighted by molar-refractivity contribution is -0.0500. The number of hydrogen-bond donors (Lipinski definition) is 0. The van der Waals surface area contributed by atoms with Crippen molar-refractivity contribution in [2.24, 2.45) is 0 Å². The summed E-state index contributed by atoms with van der Waals surface area (Å²) in [5.74, 6) is -0.345. The fourth-order valence-electron chi connectivity index (χ4n) is 1.30. The predicted molar refractivity (Wildman–Crippen MR) is 51.8 cm³/mol. The molecule has 2 rings (SSSR count). The molecule has 0 radical (unpaired) electrons. The maximum Gasteiger partial charge on any atom is 0.534 e. The van der Waals surface area contributed by atoms with Crippen LogP contribution in [0.5, 0.6) is 5.75 Å². The Bertz CT molecular complexity index is 523. The first-order valence-electron chi connectivity index (χ1n) is 4.77. The number of hydrogen-bond acceptors (Lipinski definition) is 4. The summed E-state index contributed by atoms with van der Waals surface area (Å²) in [7, 11) is -5.62. The zero-order valence-electron chi connectivity index (χ0n) is 8.44. The molecule has 1 aromatic rings. The highest BCUT2D eigenvalue weighted by molar-refractivity contribution is 7.88. The highest BCUT2D eigenvalue weighted by Crippen LogP contribution is 2.43. The van der Waals surface area contributed by atoms with Crippen molar-refractivity contribution in [2.45, 2.75) is 24.3 Å². The molecule has 1 heterocycles. The van der Waals surface area contributed by atoms with Crippen molar-refractivity contribution in [3.05, 3.63) is 24.0 Å². The first-order chi connectivity index (χ1) is 7.81. The summed E-state index contributed by atoms with van der Waals surface area (Å²) in [5.41, 5.74) is -5.16. The Balaban J connectivity index is 2.31. The fraction of sp³-hybridized carbons (Fsp3) is 0.444.